The van der Waals surface area contributed by atoms with Gasteiger partial charge in [0.05, 0.1) is 3.79 Å². The molecule has 0 aliphatic carbocycles. The van der Waals surface area contributed by atoms with Crippen LogP contribution >= 0.6 is 27.3 Å². The zero-order valence-electron chi connectivity index (χ0n) is 9.20. The van der Waals surface area contributed by atoms with E-state index in [2.05, 4.69) is 38.3 Å². The third-order valence-electron chi connectivity index (χ3n) is 2.69. The molecule has 3 nitrogen and oxygen atoms in total. The number of thiophene rings is 1. The number of likely N-dealkylation sites (tertiary alicyclic amines) is 1. The topological polar surface area (TPSA) is 32.3 Å². The third-order valence-corrected chi connectivity index (χ3v) is 4.30. The molecule has 0 aromatic carbocycles. The van der Waals surface area contributed by atoms with Gasteiger partial charge in [0.2, 0.25) is 5.91 Å². The molecular weight excluding hydrogens is 288 g/mol. The minimum absolute atomic E-state index is 0.0747. The van der Waals surface area contributed by atoms with E-state index in [-0.39, 0.29) is 5.91 Å². The summed E-state index contributed by atoms with van der Waals surface area (Å²) >= 11 is 5.25. The average molecular weight is 303 g/mol. The zero-order valence-corrected chi connectivity index (χ0v) is 11.6. The molecular formula is C11H15BrN2OS. The maximum Gasteiger partial charge on any atom is 0.217 e. The molecule has 1 aromatic heterocycles. The molecule has 88 valence electrons. The SMILES string of the molecule is CC(=O)NC1CCN(Cc2ccc(Br)s2)C1. The van der Waals surface area contributed by atoms with Gasteiger partial charge in [-0.1, -0.05) is 0 Å². The summed E-state index contributed by atoms with van der Waals surface area (Å²) in [5.74, 6) is 0.0747. The first-order valence-corrected chi connectivity index (χ1v) is 6.98. The van der Waals surface area contributed by atoms with E-state index in [9.17, 15) is 4.79 Å². The van der Waals surface area contributed by atoms with Crippen molar-refractivity contribution in [1.29, 1.82) is 0 Å². The van der Waals surface area contributed by atoms with E-state index in [0.29, 0.717) is 6.04 Å². The predicted molar refractivity (Wildman–Crippen MR) is 69.5 cm³/mol. The third kappa shape index (κ3) is 3.30. The molecule has 1 N–H and O–H groups in total. The first-order chi connectivity index (χ1) is 7.63. The van der Waals surface area contributed by atoms with Crippen molar-refractivity contribution >= 4 is 33.2 Å². The number of carbonyl (C=O) groups is 1. The fourth-order valence-corrected chi connectivity index (χ4v) is 3.56. The van der Waals surface area contributed by atoms with E-state index in [1.165, 1.54) is 8.66 Å². The van der Waals surface area contributed by atoms with Gasteiger partial charge < -0.3 is 5.32 Å². The average Bonchev–Trinajstić information content (AvgIpc) is 2.76. The van der Waals surface area contributed by atoms with E-state index in [1.807, 2.05) is 0 Å². The Morgan fingerprint density at radius 1 is 1.69 bits per heavy atom. The highest BCUT2D eigenvalue weighted by atomic mass is 79.9. The largest absolute Gasteiger partial charge is 0.352 e. The Kier molecular flexibility index (Phi) is 4.00. The van der Waals surface area contributed by atoms with Gasteiger partial charge in [0.15, 0.2) is 0 Å². The maximum absolute atomic E-state index is 10.9. The Morgan fingerprint density at radius 2 is 2.50 bits per heavy atom. The van der Waals surface area contributed by atoms with Gasteiger partial charge >= 0.3 is 0 Å². The molecule has 1 aliphatic heterocycles. The van der Waals surface area contributed by atoms with E-state index in [1.54, 1.807) is 18.3 Å². The van der Waals surface area contributed by atoms with Crippen LogP contribution in [-0.2, 0) is 11.3 Å². The molecule has 1 aromatic rings. The van der Waals surface area contributed by atoms with Crippen molar-refractivity contribution < 1.29 is 4.79 Å². The molecule has 1 aliphatic rings. The molecule has 1 fully saturated rings. The molecule has 0 bridgehead atoms. The van der Waals surface area contributed by atoms with Crippen molar-refractivity contribution in [3.63, 3.8) is 0 Å². The van der Waals surface area contributed by atoms with Crippen LogP contribution in [0.2, 0.25) is 0 Å². The molecule has 1 saturated heterocycles. The Labute approximate surface area is 108 Å². The summed E-state index contributed by atoms with van der Waals surface area (Å²) in [7, 11) is 0. The van der Waals surface area contributed by atoms with Crippen molar-refractivity contribution in [2.24, 2.45) is 0 Å². The summed E-state index contributed by atoms with van der Waals surface area (Å²) in [6, 6.07) is 4.57. The lowest BCUT2D eigenvalue weighted by molar-refractivity contribution is -0.119. The van der Waals surface area contributed by atoms with Crippen molar-refractivity contribution in [3.05, 3.63) is 20.8 Å². The maximum atomic E-state index is 10.9. The highest BCUT2D eigenvalue weighted by Gasteiger charge is 2.23. The molecule has 1 unspecified atom stereocenters. The minimum Gasteiger partial charge on any atom is -0.352 e. The number of halogens is 1. The van der Waals surface area contributed by atoms with Gasteiger partial charge in [-0.05, 0) is 34.5 Å². The van der Waals surface area contributed by atoms with Crippen LogP contribution in [0.4, 0.5) is 0 Å². The smallest absolute Gasteiger partial charge is 0.217 e. The van der Waals surface area contributed by atoms with E-state index < -0.39 is 0 Å². The minimum atomic E-state index is 0.0747. The number of carbonyl (C=O) groups excluding carboxylic acids is 1. The summed E-state index contributed by atoms with van der Waals surface area (Å²) in [5.41, 5.74) is 0. The van der Waals surface area contributed by atoms with Gasteiger partial charge in [-0.25, -0.2) is 0 Å². The predicted octanol–water partition coefficient (Wildman–Crippen LogP) is 2.22. The van der Waals surface area contributed by atoms with Gasteiger partial charge in [-0.15, -0.1) is 11.3 Å². The highest BCUT2D eigenvalue weighted by molar-refractivity contribution is 9.11. The van der Waals surface area contributed by atoms with E-state index >= 15 is 0 Å². The fourth-order valence-electron chi connectivity index (χ4n) is 2.04. The summed E-state index contributed by atoms with van der Waals surface area (Å²) in [6.07, 6.45) is 1.06. The van der Waals surface area contributed by atoms with Gasteiger partial charge in [0.1, 0.15) is 0 Å². The van der Waals surface area contributed by atoms with Crippen LogP contribution in [0.5, 0.6) is 0 Å². The van der Waals surface area contributed by atoms with Gasteiger partial charge in [0, 0.05) is 37.5 Å². The lowest BCUT2D eigenvalue weighted by Crippen LogP contribution is -2.35. The van der Waals surface area contributed by atoms with Crippen LogP contribution in [0.25, 0.3) is 0 Å². The van der Waals surface area contributed by atoms with E-state index in [0.717, 1.165) is 26.1 Å². The quantitative estimate of drug-likeness (QED) is 0.928. The second-order valence-electron chi connectivity index (χ2n) is 4.13. The molecule has 0 spiro atoms. The van der Waals surface area contributed by atoms with E-state index in [4.69, 9.17) is 0 Å². The molecule has 5 heteroatoms. The number of hydrogen-bond donors (Lipinski definition) is 1. The van der Waals surface area contributed by atoms with Crippen molar-refractivity contribution in [1.82, 2.24) is 10.2 Å². The van der Waals surface area contributed by atoms with Crippen LogP contribution in [-0.4, -0.2) is 29.9 Å². The molecule has 2 rings (SSSR count). The Hall–Kier alpha value is -0.390. The number of rotatable bonds is 3. The second-order valence-corrected chi connectivity index (χ2v) is 6.67. The first-order valence-electron chi connectivity index (χ1n) is 5.37. The monoisotopic (exact) mass is 302 g/mol. The van der Waals surface area contributed by atoms with Crippen LogP contribution in [0.1, 0.15) is 18.2 Å². The Bertz CT molecular complexity index is 380. The Morgan fingerprint density at radius 3 is 3.12 bits per heavy atom. The molecule has 1 amide bonds. The van der Waals surface area contributed by atoms with Crippen molar-refractivity contribution in [2.45, 2.75) is 25.9 Å². The normalized spacial score (nSPS) is 21.2. The zero-order chi connectivity index (χ0) is 11.5. The fraction of sp³-hybridized carbons (Fsp3) is 0.545. The number of amides is 1. The van der Waals surface area contributed by atoms with Gasteiger partial charge in [-0.3, -0.25) is 9.69 Å². The van der Waals surface area contributed by atoms with Crippen LogP contribution in [0.15, 0.2) is 15.9 Å². The molecule has 0 saturated carbocycles. The summed E-state index contributed by atoms with van der Waals surface area (Å²) in [6.45, 7) is 4.61. The first kappa shape index (κ1) is 12.1. The number of nitrogens with zero attached hydrogens (tertiary/aromatic N) is 1. The highest BCUT2D eigenvalue weighted by Crippen LogP contribution is 2.24. The molecule has 16 heavy (non-hydrogen) atoms. The van der Waals surface area contributed by atoms with Crippen molar-refractivity contribution in [2.75, 3.05) is 13.1 Å². The number of hydrogen-bond acceptors (Lipinski definition) is 3. The number of nitrogens with one attached hydrogen (secondary N) is 1. The van der Waals surface area contributed by atoms with Crippen molar-refractivity contribution in [3.8, 4) is 0 Å². The van der Waals surface area contributed by atoms with Crippen LogP contribution in [0, 0.1) is 0 Å². The summed E-state index contributed by atoms with van der Waals surface area (Å²) in [5, 5.41) is 2.98. The second kappa shape index (κ2) is 5.29. The molecule has 0 radical (unpaired) electrons. The molecule has 1 atom stereocenters. The Balaban J connectivity index is 1.82. The van der Waals surface area contributed by atoms with Gasteiger partial charge in [-0.2, -0.15) is 0 Å². The summed E-state index contributed by atoms with van der Waals surface area (Å²) in [4.78, 5) is 14.7. The molecule has 2 heterocycles. The summed E-state index contributed by atoms with van der Waals surface area (Å²) < 4.78 is 1.18. The lowest BCUT2D eigenvalue weighted by atomic mass is 10.3. The van der Waals surface area contributed by atoms with Gasteiger partial charge in [0.25, 0.3) is 0 Å². The lowest BCUT2D eigenvalue weighted by Gasteiger charge is -2.15. The van der Waals surface area contributed by atoms with Crippen LogP contribution < -0.4 is 5.32 Å². The standard InChI is InChI=1S/C11H15BrN2OS/c1-8(15)13-9-4-5-14(6-9)7-10-2-3-11(12)16-10/h2-3,9H,4-7H2,1H3,(H,13,15). The van der Waals surface area contributed by atoms with Crippen LogP contribution in [0.3, 0.4) is 0 Å².